The molecule has 4 rings (SSSR count). The van der Waals surface area contributed by atoms with Gasteiger partial charge in [0, 0.05) is 32.4 Å². The molecule has 0 radical (unpaired) electrons. The molecule has 1 aliphatic carbocycles. The van der Waals surface area contributed by atoms with Crippen LogP contribution in [0.15, 0.2) is 12.3 Å². The monoisotopic (exact) mass is 459 g/mol. The maximum absolute atomic E-state index is 13.0. The van der Waals surface area contributed by atoms with Crippen LogP contribution < -0.4 is 10.2 Å². The summed E-state index contributed by atoms with van der Waals surface area (Å²) in [5, 5.41) is 2.87. The van der Waals surface area contributed by atoms with Crippen molar-refractivity contribution in [2.45, 2.75) is 44.3 Å². The Bertz CT molecular complexity index is 865. The van der Waals surface area contributed by atoms with Crippen molar-refractivity contribution < 1.29 is 22.8 Å². The number of urea groups is 1. The number of nitrogens with zero attached hydrogens (tertiary/aromatic N) is 4. The Hall–Kier alpha value is -2.07. The summed E-state index contributed by atoms with van der Waals surface area (Å²) in [6.45, 7) is 4.36. The first-order valence-corrected chi connectivity index (χ1v) is 10.8. The number of anilines is 1. The number of amides is 3. The van der Waals surface area contributed by atoms with E-state index in [1.807, 2.05) is 9.80 Å². The van der Waals surface area contributed by atoms with Gasteiger partial charge >= 0.3 is 12.2 Å². The predicted molar refractivity (Wildman–Crippen MR) is 109 cm³/mol. The third-order valence-electron chi connectivity index (χ3n) is 6.54. The zero-order valence-electron chi connectivity index (χ0n) is 17.2. The van der Waals surface area contributed by atoms with Gasteiger partial charge < -0.3 is 10.2 Å². The van der Waals surface area contributed by atoms with E-state index >= 15 is 0 Å². The van der Waals surface area contributed by atoms with E-state index in [1.54, 1.807) is 0 Å². The fourth-order valence-electron chi connectivity index (χ4n) is 4.52. The molecule has 3 aliphatic rings. The highest BCUT2D eigenvalue weighted by Gasteiger charge is 2.52. The number of hydrogen-bond acceptors (Lipinski definition) is 5. The Morgan fingerprint density at radius 3 is 2.42 bits per heavy atom. The third-order valence-corrected chi connectivity index (χ3v) is 6.81. The van der Waals surface area contributed by atoms with E-state index < -0.39 is 17.3 Å². The molecule has 0 unspecified atom stereocenters. The zero-order valence-corrected chi connectivity index (χ0v) is 18.0. The minimum absolute atomic E-state index is 0.0501. The number of imide groups is 1. The van der Waals surface area contributed by atoms with Gasteiger partial charge in [-0.3, -0.25) is 9.69 Å². The molecule has 0 atom stereocenters. The molecule has 3 heterocycles. The number of pyridine rings is 1. The molecule has 1 spiro atoms. The van der Waals surface area contributed by atoms with Gasteiger partial charge in [-0.1, -0.05) is 18.5 Å². The van der Waals surface area contributed by atoms with Crippen LogP contribution in [0.2, 0.25) is 5.02 Å². The van der Waals surface area contributed by atoms with Crippen molar-refractivity contribution in [3.05, 3.63) is 22.8 Å². The van der Waals surface area contributed by atoms with Crippen molar-refractivity contribution in [3.63, 3.8) is 0 Å². The Balaban J connectivity index is 1.36. The number of hydrogen-bond donors (Lipinski definition) is 1. The molecule has 0 aromatic carbocycles. The molecular formula is C20H25ClF3N5O2. The van der Waals surface area contributed by atoms with Gasteiger partial charge in [0.1, 0.15) is 11.4 Å². The summed E-state index contributed by atoms with van der Waals surface area (Å²) >= 11 is 6.05. The number of nitrogens with one attached hydrogen (secondary N) is 1. The molecular weight excluding hydrogens is 435 g/mol. The molecule has 1 aromatic rings. The van der Waals surface area contributed by atoms with Crippen LogP contribution in [-0.4, -0.2) is 65.1 Å². The van der Waals surface area contributed by atoms with Gasteiger partial charge in [0.05, 0.1) is 17.3 Å². The number of halogens is 4. The highest BCUT2D eigenvalue weighted by molar-refractivity contribution is 6.33. The summed E-state index contributed by atoms with van der Waals surface area (Å²) in [4.78, 5) is 34.5. The Kier molecular flexibility index (Phi) is 5.80. The lowest BCUT2D eigenvalue weighted by molar-refractivity contribution is -0.138. The van der Waals surface area contributed by atoms with E-state index in [4.69, 9.17) is 11.6 Å². The first-order chi connectivity index (χ1) is 14.6. The van der Waals surface area contributed by atoms with E-state index in [0.717, 1.165) is 25.1 Å². The van der Waals surface area contributed by atoms with E-state index in [9.17, 15) is 22.8 Å². The second-order valence-corrected chi connectivity index (χ2v) is 9.11. The number of alkyl halides is 3. The van der Waals surface area contributed by atoms with Gasteiger partial charge in [0.2, 0.25) is 0 Å². The summed E-state index contributed by atoms with van der Waals surface area (Å²) in [6.07, 6.45) is -0.545. The van der Waals surface area contributed by atoms with Gasteiger partial charge in [-0.05, 0) is 37.7 Å². The van der Waals surface area contributed by atoms with Gasteiger partial charge in [0.25, 0.3) is 5.91 Å². The second kappa shape index (κ2) is 8.12. The van der Waals surface area contributed by atoms with Crippen molar-refractivity contribution in [2.75, 3.05) is 37.7 Å². The topological polar surface area (TPSA) is 68.8 Å². The number of aromatic nitrogens is 1. The van der Waals surface area contributed by atoms with Crippen LogP contribution >= 0.6 is 11.6 Å². The van der Waals surface area contributed by atoms with E-state index in [1.165, 1.54) is 4.90 Å². The van der Waals surface area contributed by atoms with Crippen LogP contribution in [0.4, 0.5) is 23.8 Å². The summed E-state index contributed by atoms with van der Waals surface area (Å²) in [6, 6.07) is 0.531. The number of carbonyl (C=O) groups excluding carboxylic acids is 2. The smallest absolute Gasteiger partial charge is 0.353 e. The highest BCUT2D eigenvalue weighted by atomic mass is 35.5. The van der Waals surface area contributed by atoms with Crippen molar-refractivity contribution in [1.82, 2.24) is 20.1 Å². The summed E-state index contributed by atoms with van der Waals surface area (Å²) < 4.78 is 38.5. The van der Waals surface area contributed by atoms with Gasteiger partial charge in [-0.15, -0.1) is 0 Å². The lowest BCUT2D eigenvalue weighted by Crippen LogP contribution is -2.53. The van der Waals surface area contributed by atoms with Crippen LogP contribution in [0.3, 0.4) is 0 Å². The molecule has 3 fully saturated rings. The number of carbonyl (C=O) groups is 2. The molecule has 2 aliphatic heterocycles. The SMILES string of the molecule is CC1CCC2(CC1)NC(=O)N(CN1CCN(c3ncc(C(F)(F)F)cc3Cl)CC1)C2=O. The van der Waals surface area contributed by atoms with Crippen LogP contribution in [0.5, 0.6) is 0 Å². The molecule has 0 bridgehead atoms. The van der Waals surface area contributed by atoms with Crippen LogP contribution in [0, 0.1) is 5.92 Å². The van der Waals surface area contributed by atoms with Crippen molar-refractivity contribution >= 4 is 29.4 Å². The Morgan fingerprint density at radius 2 is 1.84 bits per heavy atom. The first kappa shape index (κ1) is 22.1. The number of piperazine rings is 1. The number of rotatable bonds is 3. The van der Waals surface area contributed by atoms with Gasteiger partial charge in [-0.2, -0.15) is 13.2 Å². The average molecular weight is 460 g/mol. The molecule has 2 saturated heterocycles. The molecule has 1 aromatic heterocycles. The molecule has 170 valence electrons. The molecule has 31 heavy (non-hydrogen) atoms. The molecule has 1 saturated carbocycles. The van der Waals surface area contributed by atoms with Crippen LogP contribution in [0.25, 0.3) is 0 Å². The largest absolute Gasteiger partial charge is 0.417 e. The summed E-state index contributed by atoms with van der Waals surface area (Å²) in [5.41, 5.74) is -1.65. The van der Waals surface area contributed by atoms with E-state index in [0.29, 0.717) is 50.8 Å². The standard InChI is InChI=1S/C20H25ClF3N5O2/c1-13-2-4-19(5-3-13)17(30)29(18(31)26-19)12-27-6-8-28(9-7-27)16-15(21)10-14(11-25-16)20(22,23)24/h10-11,13H,2-9,12H2,1H3,(H,26,31). The predicted octanol–water partition coefficient (Wildman–Crippen LogP) is 3.33. The maximum atomic E-state index is 13.0. The minimum Gasteiger partial charge on any atom is -0.353 e. The van der Waals surface area contributed by atoms with Crippen LogP contribution in [-0.2, 0) is 11.0 Å². The van der Waals surface area contributed by atoms with Crippen LogP contribution in [0.1, 0.15) is 38.2 Å². The minimum atomic E-state index is -4.50. The third kappa shape index (κ3) is 4.32. The fourth-order valence-corrected chi connectivity index (χ4v) is 4.80. The molecule has 11 heteroatoms. The Morgan fingerprint density at radius 1 is 1.19 bits per heavy atom. The molecule has 7 nitrogen and oxygen atoms in total. The lowest BCUT2D eigenvalue weighted by Gasteiger charge is -2.37. The van der Waals surface area contributed by atoms with E-state index in [-0.39, 0.29) is 23.6 Å². The van der Waals surface area contributed by atoms with Gasteiger partial charge in [-0.25, -0.2) is 14.7 Å². The van der Waals surface area contributed by atoms with E-state index in [2.05, 4.69) is 17.2 Å². The Labute approximate surface area is 183 Å². The molecule has 3 amide bonds. The first-order valence-electron chi connectivity index (χ1n) is 10.4. The van der Waals surface area contributed by atoms with Crippen molar-refractivity contribution in [3.8, 4) is 0 Å². The zero-order chi connectivity index (χ0) is 22.4. The quantitative estimate of drug-likeness (QED) is 0.702. The summed E-state index contributed by atoms with van der Waals surface area (Å²) in [5.74, 6) is 0.710. The van der Waals surface area contributed by atoms with Gasteiger partial charge in [0.15, 0.2) is 0 Å². The maximum Gasteiger partial charge on any atom is 0.417 e. The fraction of sp³-hybridized carbons (Fsp3) is 0.650. The van der Waals surface area contributed by atoms with Crippen molar-refractivity contribution in [2.24, 2.45) is 5.92 Å². The molecule has 1 N–H and O–H groups in total. The van der Waals surface area contributed by atoms with Crippen molar-refractivity contribution in [1.29, 1.82) is 0 Å². The normalized spacial score (nSPS) is 27.8. The summed E-state index contributed by atoms with van der Waals surface area (Å²) in [7, 11) is 0. The second-order valence-electron chi connectivity index (χ2n) is 8.70. The average Bonchev–Trinajstić information content (AvgIpc) is 2.94. The lowest BCUT2D eigenvalue weighted by atomic mass is 9.77. The highest BCUT2D eigenvalue weighted by Crippen LogP contribution is 2.37.